The third-order valence-electron chi connectivity index (χ3n) is 6.77. The number of H-pyrrole nitrogens is 1. The molecule has 2 heterocycles. The van der Waals surface area contributed by atoms with Crippen LogP contribution in [-0.4, -0.2) is 50.5 Å². The molecule has 0 saturated heterocycles. The van der Waals surface area contributed by atoms with Gasteiger partial charge in [0.05, 0.1) is 22.5 Å². The molecular formula is C22H30FN5O2S. The van der Waals surface area contributed by atoms with E-state index < -0.39 is 21.4 Å². The fourth-order valence-electron chi connectivity index (χ4n) is 4.54. The van der Waals surface area contributed by atoms with Crippen LogP contribution < -0.4 is 10.6 Å². The number of rotatable bonds is 4. The van der Waals surface area contributed by atoms with Gasteiger partial charge in [-0.3, -0.25) is 9.89 Å². The number of aromatic amines is 1. The van der Waals surface area contributed by atoms with Crippen LogP contribution in [0.25, 0.3) is 0 Å². The summed E-state index contributed by atoms with van der Waals surface area (Å²) in [6.07, 6.45) is 9.42. The van der Waals surface area contributed by atoms with Crippen molar-refractivity contribution in [3.63, 3.8) is 0 Å². The van der Waals surface area contributed by atoms with Gasteiger partial charge in [-0.2, -0.15) is 5.10 Å². The Labute approximate surface area is 183 Å². The smallest absolute Gasteiger partial charge is 0.309 e. The summed E-state index contributed by atoms with van der Waals surface area (Å²) in [6.45, 7) is 4.13. The average Bonchev–Trinajstić information content (AvgIpc) is 3.11. The molecule has 3 N–H and O–H groups in total. The number of benzene rings is 1. The molecule has 1 aliphatic heterocycles. The molecule has 3 amide bonds. The molecule has 7 nitrogen and oxygen atoms in total. The van der Waals surface area contributed by atoms with Crippen LogP contribution in [0.1, 0.15) is 44.4 Å². The highest BCUT2D eigenvalue weighted by Crippen LogP contribution is 2.60. The zero-order chi connectivity index (χ0) is 22.6. The molecule has 1 aliphatic carbocycles. The van der Waals surface area contributed by atoms with Crippen LogP contribution in [0, 0.1) is 5.82 Å². The second-order valence-corrected chi connectivity index (χ2v) is 14.1. The van der Waals surface area contributed by atoms with Crippen molar-refractivity contribution in [2.45, 2.75) is 49.9 Å². The van der Waals surface area contributed by atoms with Gasteiger partial charge >= 0.3 is 6.03 Å². The molecule has 0 spiro atoms. The van der Waals surface area contributed by atoms with Crippen LogP contribution in [0.2, 0.25) is 0 Å². The zero-order valence-corrected chi connectivity index (χ0v) is 19.5. The minimum Gasteiger partial charge on any atom is -0.309 e. The summed E-state index contributed by atoms with van der Waals surface area (Å²) in [5.41, 5.74) is 1.34. The van der Waals surface area contributed by atoms with Crippen LogP contribution in [0.3, 0.4) is 0 Å². The molecule has 0 unspecified atom stereocenters. The van der Waals surface area contributed by atoms with E-state index in [0.29, 0.717) is 18.1 Å². The summed E-state index contributed by atoms with van der Waals surface area (Å²) in [5.74, 6) is 0.101. The highest BCUT2D eigenvalue weighted by molar-refractivity contribution is 8.33. The zero-order valence-electron chi connectivity index (χ0n) is 18.6. The van der Waals surface area contributed by atoms with E-state index >= 15 is 0 Å². The van der Waals surface area contributed by atoms with Gasteiger partial charge in [-0.15, -0.1) is 0 Å². The van der Waals surface area contributed by atoms with E-state index in [1.54, 1.807) is 17.0 Å². The van der Waals surface area contributed by atoms with Gasteiger partial charge in [0.25, 0.3) is 0 Å². The normalized spacial score (nSPS) is 19.4. The molecule has 0 atom stereocenters. The number of carbonyl (C=O) groups excluding carboxylic acids is 2. The lowest BCUT2D eigenvalue weighted by atomic mass is 9.83. The lowest BCUT2D eigenvalue weighted by Crippen LogP contribution is -2.51. The highest BCUT2D eigenvalue weighted by atomic mass is 32.3. The summed E-state index contributed by atoms with van der Waals surface area (Å²) < 4.78 is 13.2. The number of nitrogens with zero attached hydrogens (tertiary/aromatic N) is 2. The molecule has 9 heteroatoms. The van der Waals surface area contributed by atoms with Gasteiger partial charge in [-0.25, -0.2) is 19.2 Å². The van der Waals surface area contributed by atoms with Gasteiger partial charge in [0.2, 0.25) is 5.91 Å². The van der Waals surface area contributed by atoms with E-state index in [2.05, 4.69) is 39.6 Å². The molecule has 1 fully saturated rings. The average molecular weight is 448 g/mol. The maximum atomic E-state index is 13.5. The first kappa shape index (κ1) is 21.7. The molecule has 2 aliphatic rings. The van der Waals surface area contributed by atoms with Gasteiger partial charge in [0.15, 0.2) is 5.82 Å². The summed E-state index contributed by atoms with van der Waals surface area (Å²) in [4.78, 5) is 27.9. The van der Waals surface area contributed by atoms with E-state index in [1.807, 2.05) is 13.8 Å². The Kier molecular flexibility index (Phi) is 5.07. The number of hydrogen-bond donors (Lipinski definition) is 3. The lowest BCUT2D eigenvalue weighted by Gasteiger charge is -2.53. The fourth-order valence-corrected chi connectivity index (χ4v) is 6.66. The van der Waals surface area contributed by atoms with E-state index in [4.69, 9.17) is 0 Å². The van der Waals surface area contributed by atoms with Gasteiger partial charge in [0, 0.05) is 11.3 Å². The largest absolute Gasteiger partial charge is 0.322 e. The molecule has 168 valence electrons. The van der Waals surface area contributed by atoms with Crippen LogP contribution in [-0.2, 0) is 16.9 Å². The Bertz CT molecular complexity index is 1040. The van der Waals surface area contributed by atoms with Crippen molar-refractivity contribution in [1.82, 2.24) is 15.1 Å². The SMILES string of the molecule is CC1(C)c2[nH]nc(NC(=O)C3(S(C)(C)C)CCC3)c2CN1C(=O)Nc1cccc(F)c1. The number of urea groups is 1. The molecule has 31 heavy (non-hydrogen) atoms. The first-order valence-electron chi connectivity index (χ1n) is 10.4. The summed E-state index contributed by atoms with van der Waals surface area (Å²) in [7, 11) is -1.08. The molecule has 2 aromatic rings. The molecule has 0 bridgehead atoms. The molecule has 4 rings (SSSR count). The number of hydrogen-bond acceptors (Lipinski definition) is 3. The third kappa shape index (κ3) is 3.48. The number of nitrogens with one attached hydrogen (secondary N) is 3. The van der Waals surface area contributed by atoms with Crippen molar-refractivity contribution >= 4 is 33.5 Å². The van der Waals surface area contributed by atoms with E-state index in [1.165, 1.54) is 12.1 Å². The van der Waals surface area contributed by atoms with E-state index in [9.17, 15) is 14.0 Å². The monoisotopic (exact) mass is 447 g/mol. The topological polar surface area (TPSA) is 90.1 Å². The Morgan fingerprint density at radius 2 is 1.90 bits per heavy atom. The van der Waals surface area contributed by atoms with E-state index in [-0.39, 0.29) is 16.7 Å². The predicted molar refractivity (Wildman–Crippen MR) is 123 cm³/mol. The molecule has 1 aromatic heterocycles. The number of anilines is 2. The first-order valence-corrected chi connectivity index (χ1v) is 13.2. The number of amides is 3. The minimum atomic E-state index is -1.08. The number of carbonyl (C=O) groups is 2. The Morgan fingerprint density at radius 1 is 1.19 bits per heavy atom. The van der Waals surface area contributed by atoms with Crippen molar-refractivity contribution in [3.05, 3.63) is 41.3 Å². The molecule has 1 saturated carbocycles. The lowest BCUT2D eigenvalue weighted by molar-refractivity contribution is -0.120. The van der Waals surface area contributed by atoms with Crippen LogP contribution in [0.4, 0.5) is 20.7 Å². The van der Waals surface area contributed by atoms with E-state index in [0.717, 1.165) is 30.5 Å². The maximum absolute atomic E-state index is 13.5. The van der Waals surface area contributed by atoms with Crippen LogP contribution in [0.5, 0.6) is 0 Å². The Hall–Kier alpha value is -2.55. The van der Waals surface area contributed by atoms with Crippen molar-refractivity contribution in [2.24, 2.45) is 0 Å². The van der Waals surface area contributed by atoms with Gasteiger partial charge in [-0.1, -0.05) is 6.07 Å². The predicted octanol–water partition coefficient (Wildman–Crippen LogP) is 4.39. The quantitative estimate of drug-likeness (QED) is 0.649. The Balaban J connectivity index is 1.54. The Morgan fingerprint density at radius 3 is 2.48 bits per heavy atom. The number of halogens is 1. The number of aromatic nitrogens is 2. The summed E-state index contributed by atoms with van der Waals surface area (Å²) >= 11 is 0. The summed E-state index contributed by atoms with van der Waals surface area (Å²) in [5, 5.41) is 13.2. The van der Waals surface area contributed by atoms with Crippen molar-refractivity contribution in [3.8, 4) is 0 Å². The van der Waals surface area contributed by atoms with Gasteiger partial charge < -0.3 is 15.5 Å². The standard InChI is InChI=1S/C22H30FN5O2S/c1-21(2)17-16(13-28(21)20(30)24-15-9-6-8-14(23)12-15)18(27-26-17)25-19(29)22(10-7-11-22)31(3,4)5/h6,8-9,12H,7,10-11,13H2,1-5H3,(H,24,30)(H2,25,26,27,29). The van der Waals surface area contributed by atoms with Crippen LogP contribution >= 0.6 is 10.0 Å². The van der Waals surface area contributed by atoms with Gasteiger partial charge in [-0.05, 0) is 70.1 Å². The highest BCUT2D eigenvalue weighted by Gasteiger charge is 2.51. The molecular weight excluding hydrogens is 417 g/mol. The van der Waals surface area contributed by atoms with Crippen molar-refractivity contribution < 1.29 is 14.0 Å². The van der Waals surface area contributed by atoms with Crippen molar-refractivity contribution in [2.75, 3.05) is 29.4 Å². The van der Waals surface area contributed by atoms with Gasteiger partial charge in [0.1, 0.15) is 5.82 Å². The molecule has 1 aromatic carbocycles. The fraction of sp³-hybridized carbons (Fsp3) is 0.500. The summed E-state index contributed by atoms with van der Waals surface area (Å²) in [6, 6.07) is 5.46. The molecule has 0 radical (unpaired) electrons. The third-order valence-corrected chi connectivity index (χ3v) is 9.71. The minimum absolute atomic E-state index is 0.0241. The first-order chi connectivity index (χ1) is 14.5. The number of fused-ring (bicyclic) bond motifs is 1. The second-order valence-electron chi connectivity index (χ2n) is 9.65. The van der Waals surface area contributed by atoms with Crippen LogP contribution in [0.15, 0.2) is 24.3 Å². The maximum Gasteiger partial charge on any atom is 0.322 e. The second kappa shape index (κ2) is 7.25. The van der Waals surface area contributed by atoms with Crippen molar-refractivity contribution in [1.29, 1.82) is 0 Å².